The zero-order valence-electron chi connectivity index (χ0n) is 10.7. The van der Waals surface area contributed by atoms with Gasteiger partial charge in [0, 0.05) is 24.7 Å². The summed E-state index contributed by atoms with van der Waals surface area (Å²) in [4.78, 5) is 0. The molecule has 1 saturated heterocycles. The van der Waals surface area contributed by atoms with E-state index >= 15 is 0 Å². The molecule has 0 aromatic carbocycles. The minimum absolute atomic E-state index is 0.644. The molecular weight excluding hydrogens is 198 g/mol. The molecule has 1 aliphatic heterocycles. The van der Waals surface area contributed by atoms with Crippen LogP contribution in [-0.2, 0) is 13.0 Å². The Bertz CT molecular complexity index is 343. The second-order valence-electron chi connectivity index (χ2n) is 5.08. The van der Waals surface area contributed by atoms with Crippen molar-refractivity contribution in [3.05, 3.63) is 17.5 Å². The van der Waals surface area contributed by atoms with Crippen molar-refractivity contribution in [2.45, 2.75) is 52.6 Å². The van der Waals surface area contributed by atoms with E-state index in [4.69, 9.17) is 0 Å². The van der Waals surface area contributed by atoms with Gasteiger partial charge in [0.15, 0.2) is 0 Å². The van der Waals surface area contributed by atoms with E-state index < -0.39 is 0 Å². The van der Waals surface area contributed by atoms with Gasteiger partial charge in [0.2, 0.25) is 0 Å². The van der Waals surface area contributed by atoms with Gasteiger partial charge in [-0.05, 0) is 45.2 Å². The maximum atomic E-state index is 4.50. The Morgan fingerprint density at radius 2 is 2.38 bits per heavy atom. The number of nitrogens with zero attached hydrogens (tertiary/aromatic N) is 2. The van der Waals surface area contributed by atoms with Crippen molar-refractivity contribution in [2.24, 2.45) is 5.92 Å². The standard InChI is InChI=1S/C13H23N3/c1-4-16-13(8-11(3)15-16)9-12-7-10(2)5-6-14-12/h8,10,12,14H,4-7,9H2,1-3H3. The van der Waals surface area contributed by atoms with Crippen molar-refractivity contribution in [1.29, 1.82) is 0 Å². The third-order valence-corrected chi connectivity index (χ3v) is 3.50. The number of nitrogens with one attached hydrogen (secondary N) is 1. The first-order valence-corrected chi connectivity index (χ1v) is 6.45. The second kappa shape index (κ2) is 5.00. The molecule has 0 spiro atoms. The highest BCUT2D eigenvalue weighted by Crippen LogP contribution is 2.18. The molecule has 1 aromatic rings. The molecule has 1 aliphatic rings. The SMILES string of the molecule is CCn1nc(C)cc1CC1CC(C)CCN1. The number of piperidine rings is 1. The topological polar surface area (TPSA) is 29.9 Å². The average Bonchev–Trinajstić information content (AvgIpc) is 2.59. The van der Waals surface area contributed by atoms with Crippen LogP contribution in [0.25, 0.3) is 0 Å². The number of aromatic nitrogens is 2. The molecule has 0 radical (unpaired) electrons. The Morgan fingerprint density at radius 1 is 1.56 bits per heavy atom. The van der Waals surface area contributed by atoms with Gasteiger partial charge in [0.25, 0.3) is 0 Å². The monoisotopic (exact) mass is 221 g/mol. The van der Waals surface area contributed by atoms with Crippen molar-refractivity contribution in [1.82, 2.24) is 15.1 Å². The van der Waals surface area contributed by atoms with Crippen LogP contribution in [-0.4, -0.2) is 22.4 Å². The van der Waals surface area contributed by atoms with Crippen molar-refractivity contribution in [3.63, 3.8) is 0 Å². The molecule has 0 saturated carbocycles. The lowest BCUT2D eigenvalue weighted by atomic mass is 9.92. The van der Waals surface area contributed by atoms with E-state index in [1.807, 2.05) is 0 Å². The summed E-state index contributed by atoms with van der Waals surface area (Å²) in [5.74, 6) is 0.866. The van der Waals surface area contributed by atoms with Crippen LogP contribution in [0.4, 0.5) is 0 Å². The fraction of sp³-hybridized carbons (Fsp3) is 0.769. The van der Waals surface area contributed by atoms with Gasteiger partial charge in [-0.15, -0.1) is 0 Å². The number of aryl methyl sites for hydroxylation is 2. The number of rotatable bonds is 3. The highest BCUT2D eigenvalue weighted by Gasteiger charge is 2.19. The second-order valence-corrected chi connectivity index (χ2v) is 5.08. The van der Waals surface area contributed by atoms with Crippen LogP contribution in [0.5, 0.6) is 0 Å². The summed E-state index contributed by atoms with van der Waals surface area (Å²) in [6, 6.07) is 2.87. The number of hydrogen-bond acceptors (Lipinski definition) is 2. The summed E-state index contributed by atoms with van der Waals surface area (Å²) >= 11 is 0. The quantitative estimate of drug-likeness (QED) is 0.847. The zero-order valence-corrected chi connectivity index (χ0v) is 10.7. The molecule has 90 valence electrons. The molecule has 2 atom stereocenters. The molecule has 0 amide bonds. The first-order chi connectivity index (χ1) is 7.69. The van der Waals surface area contributed by atoms with Gasteiger partial charge in [-0.1, -0.05) is 6.92 Å². The molecule has 1 aromatic heterocycles. The van der Waals surface area contributed by atoms with Gasteiger partial charge >= 0.3 is 0 Å². The molecule has 2 heterocycles. The summed E-state index contributed by atoms with van der Waals surface area (Å²) in [6.07, 6.45) is 3.75. The van der Waals surface area contributed by atoms with Crippen molar-refractivity contribution in [2.75, 3.05) is 6.54 Å². The summed E-state index contributed by atoms with van der Waals surface area (Å²) < 4.78 is 2.14. The molecule has 1 fully saturated rings. The van der Waals surface area contributed by atoms with Gasteiger partial charge in [0.1, 0.15) is 0 Å². The van der Waals surface area contributed by atoms with Crippen molar-refractivity contribution < 1.29 is 0 Å². The lowest BCUT2D eigenvalue weighted by Gasteiger charge is -2.28. The summed E-state index contributed by atoms with van der Waals surface area (Å²) in [6.45, 7) is 8.74. The molecular formula is C13H23N3. The van der Waals surface area contributed by atoms with Gasteiger partial charge in [-0.2, -0.15) is 5.10 Å². The van der Waals surface area contributed by atoms with Gasteiger partial charge in [-0.25, -0.2) is 0 Å². The Hall–Kier alpha value is -0.830. The van der Waals surface area contributed by atoms with Crippen LogP contribution in [0.2, 0.25) is 0 Å². The van der Waals surface area contributed by atoms with Gasteiger partial charge in [0.05, 0.1) is 5.69 Å². The normalized spacial score (nSPS) is 25.9. The largest absolute Gasteiger partial charge is 0.314 e. The highest BCUT2D eigenvalue weighted by molar-refractivity contribution is 5.10. The third kappa shape index (κ3) is 2.64. The molecule has 3 heteroatoms. The summed E-state index contributed by atoms with van der Waals surface area (Å²) in [7, 11) is 0. The van der Waals surface area contributed by atoms with Crippen LogP contribution in [0.1, 0.15) is 38.1 Å². The molecule has 2 unspecified atom stereocenters. The van der Waals surface area contributed by atoms with E-state index in [1.165, 1.54) is 25.1 Å². The Morgan fingerprint density at radius 3 is 3.06 bits per heavy atom. The minimum atomic E-state index is 0.644. The van der Waals surface area contributed by atoms with Crippen LogP contribution in [0.15, 0.2) is 6.07 Å². The molecule has 3 nitrogen and oxygen atoms in total. The van der Waals surface area contributed by atoms with Crippen LogP contribution < -0.4 is 5.32 Å². The Labute approximate surface area is 98.2 Å². The van der Waals surface area contributed by atoms with E-state index in [0.717, 1.165) is 24.6 Å². The lowest BCUT2D eigenvalue weighted by molar-refractivity contribution is 0.314. The molecule has 0 bridgehead atoms. The van der Waals surface area contributed by atoms with E-state index in [9.17, 15) is 0 Å². The van der Waals surface area contributed by atoms with Crippen molar-refractivity contribution >= 4 is 0 Å². The fourth-order valence-corrected chi connectivity index (χ4v) is 2.67. The molecule has 2 rings (SSSR count). The van der Waals surface area contributed by atoms with Gasteiger partial charge in [-0.3, -0.25) is 4.68 Å². The summed E-state index contributed by atoms with van der Waals surface area (Å²) in [5, 5.41) is 8.12. The summed E-state index contributed by atoms with van der Waals surface area (Å²) in [5.41, 5.74) is 2.52. The van der Waals surface area contributed by atoms with E-state index in [2.05, 4.69) is 41.9 Å². The molecule has 1 N–H and O–H groups in total. The third-order valence-electron chi connectivity index (χ3n) is 3.50. The van der Waals surface area contributed by atoms with Crippen LogP contribution >= 0.6 is 0 Å². The Balaban J connectivity index is 2.02. The zero-order chi connectivity index (χ0) is 11.5. The fourth-order valence-electron chi connectivity index (χ4n) is 2.67. The Kier molecular flexibility index (Phi) is 3.64. The highest BCUT2D eigenvalue weighted by atomic mass is 15.3. The maximum absolute atomic E-state index is 4.50. The maximum Gasteiger partial charge on any atom is 0.0596 e. The molecule has 16 heavy (non-hydrogen) atoms. The smallest absolute Gasteiger partial charge is 0.0596 e. The van der Waals surface area contributed by atoms with Gasteiger partial charge < -0.3 is 5.32 Å². The van der Waals surface area contributed by atoms with E-state index in [-0.39, 0.29) is 0 Å². The minimum Gasteiger partial charge on any atom is -0.314 e. The first kappa shape index (κ1) is 11.6. The predicted octanol–water partition coefficient (Wildman–Crippen LogP) is 2.14. The molecule has 0 aliphatic carbocycles. The van der Waals surface area contributed by atoms with Crippen LogP contribution in [0, 0.1) is 12.8 Å². The van der Waals surface area contributed by atoms with Crippen molar-refractivity contribution in [3.8, 4) is 0 Å². The van der Waals surface area contributed by atoms with Crippen LogP contribution in [0.3, 0.4) is 0 Å². The average molecular weight is 221 g/mol. The predicted molar refractivity (Wildman–Crippen MR) is 66.5 cm³/mol. The van der Waals surface area contributed by atoms with E-state index in [0.29, 0.717) is 6.04 Å². The lowest BCUT2D eigenvalue weighted by Crippen LogP contribution is -2.39. The van der Waals surface area contributed by atoms with E-state index in [1.54, 1.807) is 0 Å². The number of hydrogen-bond donors (Lipinski definition) is 1. The first-order valence-electron chi connectivity index (χ1n) is 6.45.